The Morgan fingerprint density at radius 3 is 3.05 bits per heavy atom. The third kappa shape index (κ3) is 2.37. The first-order valence-corrected chi connectivity index (χ1v) is 5.94. The number of hydrogen-bond donors (Lipinski definition) is 3. The Bertz CT molecular complexity index is 827. The highest BCUT2D eigenvalue weighted by Gasteiger charge is 2.07. The summed E-state index contributed by atoms with van der Waals surface area (Å²) in [4.78, 5) is 0. The number of nitrogens with one attached hydrogen (secondary N) is 3. The van der Waals surface area contributed by atoms with E-state index in [1.54, 1.807) is 7.11 Å². The predicted molar refractivity (Wildman–Crippen MR) is 74.0 cm³/mol. The Hall–Kier alpha value is -3.41. The van der Waals surface area contributed by atoms with Crippen LogP contribution in [0.5, 0.6) is 5.88 Å². The maximum absolute atomic E-state index is 9.07. The molecule has 0 aliphatic carbocycles. The lowest BCUT2D eigenvalue weighted by molar-refractivity contribution is 0.401. The zero-order valence-electron chi connectivity index (χ0n) is 11.0. The molecule has 0 saturated heterocycles. The second-order valence-corrected chi connectivity index (χ2v) is 4.04. The van der Waals surface area contributed by atoms with Gasteiger partial charge in [0.15, 0.2) is 0 Å². The van der Waals surface area contributed by atoms with E-state index < -0.39 is 0 Å². The molecule has 104 valence electrons. The number of benzene rings is 1. The Morgan fingerprint density at radius 1 is 1.43 bits per heavy atom. The molecule has 0 fully saturated rings. The lowest BCUT2D eigenvalue weighted by atomic mass is 10.2. The zero-order chi connectivity index (χ0) is 14.7. The van der Waals surface area contributed by atoms with Crippen LogP contribution in [0.25, 0.3) is 16.5 Å². The van der Waals surface area contributed by atoms with Crippen LogP contribution >= 0.6 is 0 Å². The van der Waals surface area contributed by atoms with Gasteiger partial charge < -0.3 is 10.1 Å². The van der Waals surface area contributed by atoms with Crippen LogP contribution in [-0.4, -0.2) is 37.9 Å². The topological polar surface area (TPSA) is 128 Å². The molecule has 0 saturated carbocycles. The smallest absolute Gasteiger partial charge is 0.240 e. The number of fused-ring (bicyclic) bond motifs is 1. The summed E-state index contributed by atoms with van der Waals surface area (Å²) in [7, 11) is 1.56. The Labute approximate surface area is 118 Å². The van der Waals surface area contributed by atoms with Crippen LogP contribution in [0, 0.1) is 11.3 Å². The monoisotopic (exact) mass is 282 g/mol. The molecule has 9 heteroatoms. The van der Waals surface area contributed by atoms with Gasteiger partial charge in [-0.05, 0) is 23.4 Å². The highest BCUT2D eigenvalue weighted by atomic mass is 16.5. The van der Waals surface area contributed by atoms with Gasteiger partial charge >= 0.3 is 0 Å². The minimum absolute atomic E-state index is 0.231. The van der Waals surface area contributed by atoms with Gasteiger partial charge in [-0.15, -0.1) is 15.3 Å². The fourth-order valence-corrected chi connectivity index (χ4v) is 1.82. The molecule has 2 heterocycles. The van der Waals surface area contributed by atoms with Gasteiger partial charge in [0.2, 0.25) is 11.7 Å². The van der Waals surface area contributed by atoms with Crippen molar-refractivity contribution in [2.45, 2.75) is 0 Å². The summed E-state index contributed by atoms with van der Waals surface area (Å²) >= 11 is 0. The maximum atomic E-state index is 9.07. The van der Waals surface area contributed by atoms with E-state index in [1.165, 1.54) is 6.20 Å². The SMILES string of the molecule is COc1n[nH]c2cc(NC=C(C#N)c3nn[nH]n3)ccc12. The fourth-order valence-electron chi connectivity index (χ4n) is 1.82. The summed E-state index contributed by atoms with van der Waals surface area (Å²) in [6.45, 7) is 0. The van der Waals surface area contributed by atoms with Crippen LogP contribution in [0.4, 0.5) is 5.69 Å². The number of hydrogen-bond acceptors (Lipinski definition) is 7. The summed E-state index contributed by atoms with van der Waals surface area (Å²) in [5.41, 5.74) is 1.87. The molecule has 1 aromatic carbocycles. The molecule has 3 rings (SSSR count). The molecule has 0 aliphatic rings. The molecule has 9 nitrogen and oxygen atoms in total. The van der Waals surface area contributed by atoms with E-state index in [1.807, 2.05) is 24.3 Å². The van der Waals surface area contributed by atoms with E-state index >= 15 is 0 Å². The number of nitriles is 1. The molecule has 0 spiro atoms. The molecule has 3 N–H and O–H groups in total. The van der Waals surface area contributed by atoms with Crippen LogP contribution in [-0.2, 0) is 0 Å². The van der Waals surface area contributed by atoms with Crippen LogP contribution in [0.1, 0.15) is 5.82 Å². The zero-order valence-corrected chi connectivity index (χ0v) is 11.0. The second-order valence-electron chi connectivity index (χ2n) is 4.04. The van der Waals surface area contributed by atoms with Gasteiger partial charge in [-0.2, -0.15) is 10.5 Å². The van der Waals surface area contributed by atoms with Crippen molar-refractivity contribution in [2.75, 3.05) is 12.4 Å². The number of anilines is 1. The van der Waals surface area contributed by atoms with Gasteiger partial charge in [0.1, 0.15) is 11.6 Å². The van der Waals surface area contributed by atoms with Gasteiger partial charge in [-0.3, -0.25) is 5.10 Å². The van der Waals surface area contributed by atoms with Crippen LogP contribution in [0.15, 0.2) is 24.4 Å². The lowest BCUT2D eigenvalue weighted by Gasteiger charge is -2.01. The number of rotatable bonds is 4. The molecule has 3 aromatic rings. The van der Waals surface area contributed by atoms with Gasteiger partial charge in [-0.1, -0.05) is 0 Å². The second kappa shape index (κ2) is 5.30. The lowest BCUT2D eigenvalue weighted by Crippen LogP contribution is -1.93. The molecule has 0 bridgehead atoms. The Balaban J connectivity index is 1.86. The minimum atomic E-state index is 0.231. The quantitative estimate of drug-likeness (QED) is 0.610. The number of methoxy groups -OCH3 is 1. The molecule has 0 amide bonds. The molecular formula is C12H10N8O. The van der Waals surface area contributed by atoms with Crippen molar-refractivity contribution in [1.29, 1.82) is 5.26 Å². The third-order valence-corrected chi connectivity index (χ3v) is 2.81. The number of aromatic nitrogens is 6. The largest absolute Gasteiger partial charge is 0.480 e. The number of nitrogens with zero attached hydrogens (tertiary/aromatic N) is 5. The van der Waals surface area contributed by atoms with E-state index in [-0.39, 0.29) is 11.4 Å². The van der Waals surface area contributed by atoms with E-state index in [9.17, 15) is 0 Å². The predicted octanol–water partition coefficient (Wildman–Crippen LogP) is 1.06. The van der Waals surface area contributed by atoms with E-state index in [0.29, 0.717) is 5.88 Å². The average molecular weight is 282 g/mol. The number of aromatic amines is 2. The molecule has 2 aromatic heterocycles. The first-order chi connectivity index (χ1) is 10.3. The van der Waals surface area contributed by atoms with Crippen LogP contribution < -0.4 is 10.1 Å². The first kappa shape index (κ1) is 12.6. The van der Waals surface area contributed by atoms with Gasteiger partial charge in [0, 0.05) is 11.9 Å². The third-order valence-electron chi connectivity index (χ3n) is 2.81. The molecule has 21 heavy (non-hydrogen) atoms. The highest BCUT2D eigenvalue weighted by Crippen LogP contribution is 2.25. The summed E-state index contributed by atoms with van der Waals surface area (Å²) in [6.07, 6.45) is 1.51. The van der Waals surface area contributed by atoms with Crippen molar-refractivity contribution in [2.24, 2.45) is 0 Å². The molecular weight excluding hydrogens is 272 g/mol. The molecule has 0 aliphatic heterocycles. The summed E-state index contributed by atoms with van der Waals surface area (Å²) < 4.78 is 5.13. The minimum Gasteiger partial charge on any atom is -0.480 e. The Kier molecular flexibility index (Phi) is 3.18. The number of tetrazole rings is 1. The van der Waals surface area contributed by atoms with Crippen molar-refractivity contribution in [3.63, 3.8) is 0 Å². The van der Waals surface area contributed by atoms with Crippen LogP contribution in [0.3, 0.4) is 0 Å². The van der Waals surface area contributed by atoms with Crippen molar-refractivity contribution in [1.82, 2.24) is 30.8 Å². The molecule has 0 unspecified atom stereocenters. The number of allylic oxidation sites excluding steroid dienone is 1. The molecule has 0 atom stereocenters. The number of ether oxygens (including phenoxy) is 1. The van der Waals surface area contributed by atoms with Crippen molar-refractivity contribution in [3.05, 3.63) is 30.2 Å². The van der Waals surface area contributed by atoms with Crippen LogP contribution in [0.2, 0.25) is 0 Å². The summed E-state index contributed by atoms with van der Waals surface area (Å²) in [6, 6.07) is 7.57. The van der Waals surface area contributed by atoms with E-state index in [4.69, 9.17) is 10.00 Å². The average Bonchev–Trinajstić information content (AvgIpc) is 3.16. The van der Waals surface area contributed by atoms with Crippen molar-refractivity contribution < 1.29 is 4.74 Å². The van der Waals surface area contributed by atoms with Crippen molar-refractivity contribution in [3.8, 4) is 11.9 Å². The molecule has 0 radical (unpaired) electrons. The van der Waals surface area contributed by atoms with Gasteiger partial charge in [0.05, 0.1) is 18.0 Å². The Morgan fingerprint density at radius 2 is 2.33 bits per heavy atom. The number of H-pyrrole nitrogens is 2. The van der Waals surface area contributed by atoms with Gasteiger partial charge in [-0.25, -0.2) is 0 Å². The summed E-state index contributed by atoms with van der Waals surface area (Å²) in [5.74, 6) is 0.769. The summed E-state index contributed by atoms with van der Waals surface area (Å²) in [5, 5.41) is 33.1. The van der Waals surface area contributed by atoms with Crippen molar-refractivity contribution >= 4 is 22.2 Å². The maximum Gasteiger partial charge on any atom is 0.240 e. The fraction of sp³-hybridized carbons (Fsp3) is 0.0833. The standard InChI is InChI=1S/C12H10N8O/c1-21-12-9-3-2-8(4-10(9)15-18-12)14-6-7(5-13)11-16-19-20-17-11/h2-4,6,14H,1H3,(H,15,18)(H,16,17,19,20). The highest BCUT2D eigenvalue weighted by molar-refractivity contribution is 5.87. The first-order valence-electron chi connectivity index (χ1n) is 5.94. The van der Waals surface area contributed by atoms with E-state index in [0.717, 1.165) is 16.6 Å². The normalized spacial score (nSPS) is 11.3. The van der Waals surface area contributed by atoms with E-state index in [2.05, 4.69) is 36.1 Å². The van der Waals surface area contributed by atoms with Gasteiger partial charge in [0.25, 0.3) is 0 Å².